The SMILES string of the molecule is CC(=O)c1c(C)[nH]c(C(=O)[C@H](C)N2CCC(C)CC2)c1C. The smallest absolute Gasteiger partial charge is 0.196 e. The number of aromatic nitrogens is 1. The molecule has 1 aromatic rings. The van der Waals surface area contributed by atoms with Crippen LogP contribution in [0.15, 0.2) is 0 Å². The van der Waals surface area contributed by atoms with Crippen LogP contribution in [-0.4, -0.2) is 40.6 Å². The Balaban J connectivity index is 2.20. The third-order valence-corrected chi connectivity index (χ3v) is 4.78. The molecule has 2 rings (SSSR count). The fraction of sp³-hybridized carbons (Fsp3) is 0.647. The molecule has 1 aliphatic rings. The van der Waals surface area contributed by atoms with E-state index in [4.69, 9.17) is 0 Å². The van der Waals surface area contributed by atoms with Crippen LogP contribution in [0.25, 0.3) is 0 Å². The zero-order valence-electron chi connectivity index (χ0n) is 13.7. The predicted octanol–water partition coefficient (Wildman–Crippen LogP) is 3.14. The van der Waals surface area contributed by atoms with Crippen molar-refractivity contribution in [3.8, 4) is 0 Å². The zero-order valence-corrected chi connectivity index (χ0v) is 13.7. The van der Waals surface area contributed by atoms with E-state index in [1.54, 1.807) is 6.92 Å². The van der Waals surface area contributed by atoms with Crippen LogP contribution in [0.2, 0.25) is 0 Å². The molecule has 2 heterocycles. The average molecular weight is 290 g/mol. The third-order valence-electron chi connectivity index (χ3n) is 4.78. The quantitative estimate of drug-likeness (QED) is 0.867. The number of carbonyl (C=O) groups excluding carboxylic acids is 2. The molecular weight excluding hydrogens is 264 g/mol. The van der Waals surface area contributed by atoms with Crippen LogP contribution >= 0.6 is 0 Å². The molecule has 0 amide bonds. The van der Waals surface area contributed by atoms with Gasteiger partial charge in [0.1, 0.15) is 0 Å². The van der Waals surface area contributed by atoms with Gasteiger partial charge in [0, 0.05) is 11.3 Å². The van der Waals surface area contributed by atoms with E-state index in [1.807, 2.05) is 20.8 Å². The van der Waals surface area contributed by atoms with Gasteiger partial charge in [0.15, 0.2) is 11.6 Å². The summed E-state index contributed by atoms with van der Waals surface area (Å²) in [5.41, 5.74) is 2.85. The summed E-state index contributed by atoms with van der Waals surface area (Å²) in [5.74, 6) is 0.861. The Morgan fingerprint density at radius 2 is 1.81 bits per heavy atom. The molecular formula is C17H26N2O2. The minimum Gasteiger partial charge on any atom is -0.355 e. The monoisotopic (exact) mass is 290 g/mol. The van der Waals surface area contributed by atoms with E-state index in [-0.39, 0.29) is 17.6 Å². The Kier molecular flexibility index (Phi) is 4.67. The second-order valence-corrected chi connectivity index (χ2v) is 6.44. The topological polar surface area (TPSA) is 53.2 Å². The number of aromatic amines is 1. The minimum absolute atomic E-state index is 0.0137. The number of nitrogens with zero attached hydrogens (tertiary/aromatic N) is 1. The Hall–Kier alpha value is -1.42. The summed E-state index contributed by atoms with van der Waals surface area (Å²) in [4.78, 5) is 29.8. The van der Waals surface area contributed by atoms with Crippen LogP contribution in [-0.2, 0) is 0 Å². The fourth-order valence-electron chi connectivity index (χ4n) is 3.32. The molecule has 1 aliphatic heterocycles. The van der Waals surface area contributed by atoms with Crippen LogP contribution in [0.3, 0.4) is 0 Å². The first-order chi connectivity index (χ1) is 9.82. The van der Waals surface area contributed by atoms with E-state index in [0.717, 1.165) is 43.1 Å². The highest BCUT2D eigenvalue weighted by Gasteiger charge is 2.29. The molecule has 4 heteroatoms. The van der Waals surface area contributed by atoms with Gasteiger partial charge in [-0.2, -0.15) is 0 Å². The molecule has 1 saturated heterocycles. The van der Waals surface area contributed by atoms with Crippen molar-refractivity contribution in [1.29, 1.82) is 0 Å². The van der Waals surface area contributed by atoms with E-state index in [0.29, 0.717) is 11.3 Å². The number of aryl methyl sites for hydroxylation is 1. The molecule has 0 aliphatic carbocycles. The van der Waals surface area contributed by atoms with Gasteiger partial charge in [-0.25, -0.2) is 0 Å². The first-order valence-electron chi connectivity index (χ1n) is 7.81. The van der Waals surface area contributed by atoms with Crippen LogP contribution in [0.5, 0.6) is 0 Å². The first kappa shape index (κ1) is 16.0. The summed E-state index contributed by atoms with van der Waals surface area (Å²) < 4.78 is 0. The van der Waals surface area contributed by atoms with Crippen molar-refractivity contribution < 1.29 is 9.59 Å². The van der Waals surface area contributed by atoms with E-state index in [2.05, 4.69) is 16.8 Å². The van der Waals surface area contributed by atoms with Crippen molar-refractivity contribution in [1.82, 2.24) is 9.88 Å². The average Bonchev–Trinajstić information content (AvgIpc) is 2.73. The van der Waals surface area contributed by atoms with Crippen LogP contribution in [0.1, 0.15) is 65.7 Å². The number of H-pyrrole nitrogens is 1. The van der Waals surface area contributed by atoms with Gasteiger partial charge in [0.05, 0.1) is 11.7 Å². The Labute approximate surface area is 126 Å². The third kappa shape index (κ3) is 3.10. The molecule has 1 aromatic heterocycles. The molecule has 0 bridgehead atoms. The van der Waals surface area contributed by atoms with Gasteiger partial charge >= 0.3 is 0 Å². The molecule has 0 spiro atoms. The molecule has 1 N–H and O–H groups in total. The van der Waals surface area contributed by atoms with Crippen LogP contribution < -0.4 is 0 Å². The van der Waals surface area contributed by atoms with Gasteiger partial charge in [-0.15, -0.1) is 0 Å². The lowest BCUT2D eigenvalue weighted by molar-refractivity contribution is 0.0773. The number of rotatable bonds is 4. The van der Waals surface area contributed by atoms with Gasteiger partial charge in [-0.1, -0.05) is 6.92 Å². The number of ketones is 2. The summed E-state index contributed by atoms with van der Waals surface area (Å²) in [7, 11) is 0. The molecule has 0 aromatic carbocycles. The second kappa shape index (κ2) is 6.14. The van der Waals surface area contributed by atoms with Crippen LogP contribution in [0.4, 0.5) is 0 Å². The van der Waals surface area contributed by atoms with Gasteiger partial charge in [-0.3, -0.25) is 14.5 Å². The van der Waals surface area contributed by atoms with Crippen molar-refractivity contribution in [2.24, 2.45) is 5.92 Å². The molecule has 4 nitrogen and oxygen atoms in total. The highest BCUT2D eigenvalue weighted by molar-refractivity contribution is 6.05. The Morgan fingerprint density at radius 1 is 1.24 bits per heavy atom. The maximum absolute atomic E-state index is 12.8. The molecule has 0 unspecified atom stereocenters. The Bertz CT molecular complexity index is 551. The Morgan fingerprint density at radius 3 is 2.29 bits per heavy atom. The molecule has 1 atom stereocenters. The lowest BCUT2D eigenvalue weighted by atomic mass is 9.96. The number of carbonyl (C=O) groups is 2. The number of piperidine rings is 1. The maximum Gasteiger partial charge on any atom is 0.196 e. The van der Waals surface area contributed by atoms with Crippen molar-refractivity contribution >= 4 is 11.6 Å². The van der Waals surface area contributed by atoms with Crippen molar-refractivity contribution in [2.75, 3.05) is 13.1 Å². The van der Waals surface area contributed by atoms with Crippen molar-refractivity contribution in [2.45, 2.75) is 53.5 Å². The largest absolute Gasteiger partial charge is 0.355 e. The summed E-state index contributed by atoms with van der Waals surface area (Å²) >= 11 is 0. The van der Waals surface area contributed by atoms with Crippen molar-refractivity contribution in [3.05, 3.63) is 22.5 Å². The van der Waals surface area contributed by atoms with Crippen molar-refractivity contribution in [3.63, 3.8) is 0 Å². The van der Waals surface area contributed by atoms with E-state index >= 15 is 0 Å². The maximum atomic E-state index is 12.8. The number of likely N-dealkylation sites (tertiary alicyclic amines) is 1. The molecule has 0 saturated carbocycles. The number of Topliss-reactive ketones (excluding diaryl/α,β-unsaturated/α-hetero) is 2. The van der Waals surface area contributed by atoms with Gasteiger partial charge in [0.2, 0.25) is 0 Å². The fourth-order valence-corrected chi connectivity index (χ4v) is 3.32. The molecule has 21 heavy (non-hydrogen) atoms. The van der Waals surface area contributed by atoms with Gasteiger partial charge in [0.25, 0.3) is 0 Å². The number of nitrogens with one attached hydrogen (secondary N) is 1. The summed E-state index contributed by atoms with van der Waals surface area (Å²) in [6, 6.07) is -0.131. The number of hydrogen-bond acceptors (Lipinski definition) is 3. The summed E-state index contributed by atoms with van der Waals surface area (Å²) in [6.45, 7) is 11.5. The summed E-state index contributed by atoms with van der Waals surface area (Å²) in [5, 5.41) is 0. The van der Waals surface area contributed by atoms with E-state index < -0.39 is 0 Å². The highest BCUT2D eigenvalue weighted by Crippen LogP contribution is 2.23. The lowest BCUT2D eigenvalue weighted by Gasteiger charge is -2.34. The highest BCUT2D eigenvalue weighted by atomic mass is 16.1. The minimum atomic E-state index is -0.131. The molecule has 0 radical (unpaired) electrons. The first-order valence-corrected chi connectivity index (χ1v) is 7.81. The predicted molar refractivity (Wildman–Crippen MR) is 84.0 cm³/mol. The number of hydrogen-bond donors (Lipinski definition) is 1. The van der Waals surface area contributed by atoms with E-state index in [9.17, 15) is 9.59 Å². The van der Waals surface area contributed by atoms with Crippen LogP contribution in [0, 0.1) is 19.8 Å². The normalized spacial score (nSPS) is 18.7. The standard InChI is InChI=1S/C17H26N2O2/c1-10-6-8-19(9-7-10)13(4)17(21)16-11(2)15(14(5)20)12(3)18-16/h10,13,18H,6-9H2,1-5H3/t13-/m0/s1. The van der Waals surface area contributed by atoms with Gasteiger partial charge < -0.3 is 4.98 Å². The lowest BCUT2D eigenvalue weighted by Crippen LogP contribution is -2.43. The van der Waals surface area contributed by atoms with Gasteiger partial charge in [-0.05, 0) is 65.1 Å². The second-order valence-electron chi connectivity index (χ2n) is 6.44. The molecule has 116 valence electrons. The summed E-state index contributed by atoms with van der Waals surface area (Å²) in [6.07, 6.45) is 2.30. The van der Waals surface area contributed by atoms with E-state index in [1.165, 1.54) is 0 Å². The molecule has 1 fully saturated rings. The zero-order chi connectivity index (χ0) is 15.7.